The van der Waals surface area contributed by atoms with Crippen LogP contribution in [-0.4, -0.2) is 34.2 Å². The summed E-state index contributed by atoms with van der Waals surface area (Å²) in [6.07, 6.45) is 6.42. The van der Waals surface area contributed by atoms with Crippen molar-refractivity contribution in [3.63, 3.8) is 0 Å². The normalized spacial score (nSPS) is 10.8. The lowest BCUT2D eigenvalue weighted by atomic mass is 10.0. The number of hydrogen-bond donors (Lipinski definition) is 1. The third-order valence-corrected chi connectivity index (χ3v) is 4.63. The number of nitrogens with one attached hydrogen (secondary N) is 1. The maximum absolute atomic E-state index is 12.9. The number of methoxy groups -OCH3 is 1. The van der Waals surface area contributed by atoms with Crippen molar-refractivity contribution in [3.05, 3.63) is 85.1 Å². The third-order valence-electron chi connectivity index (χ3n) is 4.63. The van der Waals surface area contributed by atoms with Gasteiger partial charge in [-0.2, -0.15) is 8.78 Å². The molecule has 9 heteroatoms. The molecular formula is C23H18F2N4O3. The molecule has 0 saturated carbocycles. The van der Waals surface area contributed by atoms with E-state index in [9.17, 15) is 13.6 Å². The van der Waals surface area contributed by atoms with E-state index in [1.807, 2.05) is 0 Å². The quantitative estimate of drug-likeness (QED) is 0.450. The Bertz CT molecular complexity index is 1200. The number of benzene rings is 2. The molecule has 2 heterocycles. The second-order valence-electron chi connectivity index (χ2n) is 6.65. The molecule has 7 nitrogen and oxygen atoms in total. The predicted molar refractivity (Wildman–Crippen MR) is 114 cm³/mol. The minimum absolute atomic E-state index is 0.00508. The van der Waals surface area contributed by atoms with E-state index >= 15 is 0 Å². The highest BCUT2D eigenvalue weighted by Crippen LogP contribution is 2.34. The van der Waals surface area contributed by atoms with E-state index in [2.05, 4.69) is 20.0 Å². The van der Waals surface area contributed by atoms with Crippen LogP contribution in [0.25, 0.3) is 16.9 Å². The van der Waals surface area contributed by atoms with Gasteiger partial charge in [0, 0.05) is 29.8 Å². The summed E-state index contributed by atoms with van der Waals surface area (Å²) in [6.45, 7) is -2.98. The Morgan fingerprint density at radius 3 is 2.53 bits per heavy atom. The lowest BCUT2D eigenvalue weighted by Crippen LogP contribution is -2.13. The molecule has 4 aromatic rings. The van der Waals surface area contributed by atoms with Crippen molar-refractivity contribution >= 4 is 11.6 Å². The van der Waals surface area contributed by atoms with Crippen molar-refractivity contribution in [3.8, 4) is 28.4 Å². The Kier molecular flexibility index (Phi) is 6.07. The molecule has 2 aromatic carbocycles. The van der Waals surface area contributed by atoms with Crippen molar-refractivity contribution in [2.24, 2.45) is 0 Å². The topological polar surface area (TPSA) is 78.3 Å². The van der Waals surface area contributed by atoms with E-state index < -0.39 is 12.5 Å². The summed E-state index contributed by atoms with van der Waals surface area (Å²) >= 11 is 0. The van der Waals surface area contributed by atoms with Gasteiger partial charge in [0.2, 0.25) is 0 Å². The molecule has 162 valence electrons. The zero-order valence-electron chi connectivity index (χ0n) is 16.9. The molecule has 0 unspecified atom stereocenters. The van der Waals surface area contributed by atoms with Gasteiger partial charge in [0.05, 0.1) is 12.7 Å². The maximum atomic E-state index is 12.9. The van der Waals surface area contributed by atoms with Crippen molar-refractivity contribution in [2.75, 3.05) is 12.4 Å². The van der Waals surface area contributed by atoms with Gasteiger partial charge >= 0.3 is 6.61 Å². The average Bonchev–Trinajstić information content (AvgIpc) is 3.35. The molecular weight excluding hydrogens is 418 g/mol. The van der Waals surface area contributed by atoms with E-state index in [0.717, 1.165) is 0 Å². The molecule has 0 spiro atoms. The summed E-state index contributed by atoms with van der Waals surface area (Å²) in [6, 6.07) is 14.6. The lowest BCUT2D eigenvalue weighted by Gasteiger charge is -2.14. The van der Waals surface area contributed by atoms with Crippen LogP contribution in [0, 0.1) is 0 Å². The zero-order chi connectivity index (χ0) is 22.5. The molecule has 2 aromatic heterocycles. The van der Waals surface area contributed by atoms with Crippen LogP contribution >= 0.6 is 0 Å². The van der Waals surface area contributed by atoms with Crippen LogP contribution in [0.1, 0.15) is 10.4 Å². The number of nitrogens with zero attached hydrogens (tertiary/aromatic N) is 3. The van der Waals surface area contributed by atoms with Crippen molar-refractivity contribution in [1.29, 1.82) is 0 Å². The Morgan fingerprint density at radius 2 is 1.91 bits per heavy atom. The second kappa shape index (κ2) is 9.25. The second-order valence-corrected chi connectivity index (χ2v) is 6.65. The summed E-state index contributed by atoms with van der Waals surface area (Å²) in [5.41, 5.74) is 1.79. The van der Waals surface area contributed by atoms with Gasteiger partial charge in [0.1, 0.15) is 23.6 Å². The zero-order valence-corrected chi connectivity index (χ0v) is 16.9. The van der Waals surface area contributed by atoms with Crippen LogP contribution < -0.4 is 14.8 Å². The molecule has 0 aliphatic rings. The number of imidazole rings is 1. The Balaban J connectivity index is 1.58. The number of halogens is 2. The van der Waals surface area contributed by atoms with E-state index in [4.69, 9.17) is 4.74 Å². The fourth-order valence-corrected chi connectivity index (χ4v) is 3.07. The molecule has 0 saturated heterocycles. The van der Waals surface area contributed by atoms with E-state index in [-0.39, 0.29) is 5.75 Å². The number of pyridine rings is 1. The molecule has 1 N–H and O–H groups in total. The Morgan fingerprint density at radius 1 is 1.09 bits per heavy atom. The highest BCUT2D eigenvalue weighted by atomic mass is 19.3. The average molecular weight is 436 g/mol. The van der Waals surface area contributed by atoms with Crippen LogP contribution in [0.3, 0.4) is 0 Å². The maximum Gasteiger partial charge on any atom is 0.387 e. The van der Waals surface area contributed by atoms with E-state index in [1.54, 1.807) is 65.8 Å². The summed E-state index contributed by atoms with van der Waals surface area (Å²) in [5.74, 6) is 0.850. The van der Waals surface area contributed by atoms with E-state index in [0.29, 0.717) is 33.9 Å². The van der Waals surface area contributed by atoms with Gasteiger partial charge in [-0.1, -0.05) is 12.1 Å². The first-order valence-corrected chi connectivity index (χ1v) is 9.52. The van der Waals surface area contributed by atoms with Crippen LogP contribution in [-0.2, 0) is 0 Å². The van der Waals surface area contributed by atoms with Crippen molar-refractivity contribution in [1.82, 2.24) is 14.5 Å². The SMILES string of the molecule is COc1ccc(-c2cc(NC(=O)c3ccc(-n4ccnc4)nc3)ccc2OC(F)F)cc1. The van der Waals surface area contributed by atoms with Crippen LogP contribution in [0.15, 0.2) is 79.5 Å². The molecule has 0 aliphatic carbocycles. The molecule has 0 fully saturated rings. The molecule has 1 amide bonds. The first-order chi connectivity index (χ1) is 15.5. The first kappa shape index (κ1) is 21.0. The van der Waals surface area contributed by atoms with Gasteiger partial charge in [0.15, 0.2) is 0 Å². The van der Waals surface area contributed by atoms with Crippen LogP contribution in [0.4, 0.5) is 14.5 Å². The minimum atomic E-state index is -2.98. The molecule has 32 heavy (non-hydrogen) atoms. The smallest absolute Gasteiger partial charge is 0.387 e. The van der Waals surface area contributed by atoms with Crippen LogP contribution in [0.5, 0.6) is 11.5 Å². The number of anilines is 1. The number of aromatic nitrogens is 3. The minimum Gasteiger partial charge on any atom is -0.497 e. The van der Waals surface area contributed by atoms with Gasteiger partial charge in [-0.3, -0.25) is 9.36 Å². The molecule has 4 rings (SSSR count). The van der Waals surface area contributed by atoms with Gasteiger partial charge in [-0.15, -0.1) is 0 Å². The summed E-state index contributed by atoms with van der Waals surface area (Å²) in [4.78, 5) is 20.9. The first-order valence-electron chi connectivity index (χ1n) is 9.52. The number of amides is 1. The highest BCUT2D eigenvalue weighted by molar-refractivity contribution is 6.04. The predicted octanol–water partition coefficient (Wildman–Crippen LogP) is 4.80. The fourth-order valence-electron chi connectivity index (χ4n) is 3.07. The number of alkyl halides is 2. The lowest BCUT2D eigenvalue weighted by molar-refractivity contribution is -0.0494. The highest BCUT2D eigenvalue weighted by Gasteiger charge is 2.14. The molecule has 0 radical (unpaired) electrons. The number of ether oxygens (including phenoxy) is 2. The van der Waals surface area contributed by atoms with Crippen molar-refractivity contribution in [2.45, 2.75) is 6.61 Å². The molecule has 0 aliphatic heterocycles. The van der Waals surface area contributed by atoms with Gasteiger partial charge < -0.3 is 14.8 Å². The number of hydrogen-bond acceptors (Lipinski definition) is 5. The van der Waals surface area contributed by atoms with Crippen molar-refractivity contribution < 1.29 is 23.0 Å². The summed E-state index contributed by atoms with van der Waals surface area (Å²) in [5, 5.41) is 2.76. The number of carbonyl (C=O) groups is 1. The molecule has 0 atom stereocenters. The van der Waals surface area contributed by atoms with Gasteiger partial charge in [-0.05, 0) is 48.0 Å². The number of rotatable bonds is 7. The Labute approximate surface area is 182 Å². The molecule has 0 bridgehead atoms. The third kappa shape index (κ3) is 4.72. The summed E-state index contributed by atoms with van der Waals surface area (Å²) < 4.78 is 37.3. The monoisotopic (exact) mass is 436 g/mol. The number of carbonyl (C=O) groups excluding carboxylic acids is 1. The largest absolute Gasteiger partial charge is 0.497 e. The fraction of sp³-hybridized carbons (Fsp3) is 0.0870. The van der Waals surface area contributed by atoms with E-state index in [1.165, 1.54) is 25.4 Å². The Hall–Kier alpha value is -4.27. The standard InChI is InChI=1S/C23H18F2N4O3/c1-31-18-6-2-15(3-7-18)19-12-17(5-8-20(19)32-23(24)25)28-22(30)16-4-9-21(27-13-16)29-11-10-26-14-29/h2-14,23H,1H3,(H,28,30). The van der Waals surface area contributed by atoms with Gasteiger partial charge in [-0.25, -0.2) is 9.97 Å². The van der Waals surface area contributed by atoms with Gasteiger partial charge in [0.25, 0.3) is 5.91 Å². The van der Waals surface area contributed by atoms with Crippen LogP contribution in [0.2, 0.25) is 0 Å². The summed E-state index contributed by atoms with van der Waals surface area (Å²) in [7, 11) is 1.54.